The van der Waals surface area contributed by atoms with Crippen molar-refractivity contribution in [1.82, 2.24) is 0 Å². The van der Waals surface area contributed by atoms with Crippen molar-refractivity contribution in [1.29, 1.82) is 0 Å². The molecule has 2 unspecified atom stereocenters. The normalized spacial score (nSPS) is 19.5. The Hall–Kier alpha value is -2.96. The monoisotopic (exact) mass is 507 g/mol. The molecule has 0 fully saturated rings. The van der Waals surface area contributed by atoms with Gasteiger partial charge < -0.3 is 9.84 Å². The van der Waals surface area contributed by atoms with E-state index in [4.69, 9.17) is 16.3 Å². The molecule has 0 bridgehead atoms. The molecule has 0 aromatic heterocycles. The Balaban J connectivity index is 1.72. The number of rotatable bonds is 3. The molecule has 1 N–H and O–H groups in total. The Labute approximate surface area is 214 Å². The third-order valence-electron chi connectivity index (χ3n) is 6.55. The predicted octanol–water partition coefficient (Wildman–Crippen LogP) is 6.69. The number of carbonyl (C=O) groups is 2. The number of nitrogens with zero attached hydrogens (tertiary/aromatic N) is 1. The lowest BCUT2D eigenvalue weighted by atomic mass is 9.79. The number of benzene rings is 3. The molecule has 3 aromatic rings. The van der Waals surface area contributed by atoms with Crippen LogP contribution in [-0.2, 0) is 10.2 Å². The van der Waals surface area contributed by atoms with Gasteiger partial charge in [-0.2, -0.15) is 0 Å². The van der Waals surface area contributed by atoms with E-state index in [1.165, 1.54) is 0 Å². The SMILES string of the molecule is CC(C)(C)c1ccc(N2C(=O)c3ccccc3C(C(=O)O)C2c2ccc3c(c2)OCCS3)cc1Cl. The largest absolute Gasteiger partial charge is 0.492 e. The van der Waals surface area contributed by atoms with Crippen LogP contribution < -0.4 is 9.64 Å². The minimum Gasteiger partial charge on any atom is -0.492 e. The summed E-state index contributed by atoms with van der Waals surface area (Å²) < 4.78 is 5.87. The number of carboxylic acid groups (broad SMARTS) is 1. The summed E-state index contributed by atoms with van der Waals surface area (Å²) in [6.45, 7) is 6.81. The first-order valence-electron chi connectivity index (χ1n) is 11.5. The summed E-state index contributed by atoms with van der Waals surface area (Å²) in [4.78, 5) is 29.2. The maximum atomic E-state index is 13.9. The number of carboxylic acids is 1. The third-order valence-corrected chi connectivity index (χ3v) is 7.88. The van der Waals surface area contributed by atoms with E-state index in [1.54, 1.807) is 47.0 Å². The maximum Gasteiger partial charge on any atom is 0.313 e. The smallest absolute Gasteiger partial charge is 0.313 e. The lowest BCUT2D eigenvalue weighted by Gasteiger charge is -2.41. The quantitative estimate of drug-likeness (QED) is 0.427. The van der Waals surface area contributed by atoms with Crippen LogP contribution in [0, 0.1) is 0 Å². The highest BCUT2D eigenvalue weighted by atomic mass is 35.5. The van der Waals surface area contributed by atoms with E-state index in [-0.39, 0.29) is 11.3 Å². The zero-order chi connectivity index (χ0) is 24.9. The van der Waals surface area contributed by atoms with Crippen LogP contribution >= 0.6 is 23.4 Å². The number of amides is 1. The topological polar surface area (TPSA) is 66.8 Å². The van der Waals surface area contributed by atoms with E-state index in [9.17, 15) is 14.7 Å². The molecule has 2 aliphatic rings. The van der Waals surface area contributed by atoms with Gasteiger partial charge in [-0.3, -0.25) is 14.5 Å². The molecule has 2 aliphatic heterocycles. The van der Waals surface area contributed by atoms with Crippen molar-refractivity contribution in [2.24, 2.45) is 0 Å². The highest BCUT2D eigenvalue weighted by molar-refractivity contribution is 7.99. The number of ether oxygens (including phenoxy) is 1. The van der Waals surface area contributed by atoms with Crippen molar-refractivity contribution in [2.45, 2.75) is 43.0 Å². The molecule has 0 spiro atoms. The second-order valence-corrected chi connectivity index (χ2v) is 11.4. The molecule has 35 heavy (non-hydrogen) atoms. The summed E-state index contributed by atoms with van der Waals surface area (Å²) in [6, 6.07) is 17.5. The van der Waals surface area contributed by atoms with E-state index in [0.29, 0.717) is 34.0 Å². The molecule has 7 heteroatoms. The first-order chi connectivity index (χ1) is 16.7. The van der Waals surface area contributed by atoms with Gasteiger partial charge in [0.1, 0.15) is 11.7 Å². The number of hydrogen-bond donors (Lipinski definition) is 1. The predicted molar refractivity (Wildman–Crippen MR) is 139 cm³/mol. The van der Waals surface area contributed by atoms with Crippen molar-refractivity contribution < 1.29 is 19.4 Å². The molecule has 0 saturated heterocycles. The second kappa shape index (κ2) is 8.92. The zero-order valence-electron chi connectivity index (χ0n) is 19.7. The highest BCUT2D eigenvalue weighted by Gasteiger charge is 2.45. The van der Waals surface area contributed by atoms with Crippen LogP contribution in [0.25, 0.3) is 0 Å². The molecular weight excluding hydrogens is 482 g/mol. The molecular formula is C28H26ClNO4S. The van der Waals surface area contributed by atoms with Gasteiger partial charge in [0.2, 0.25) is 0 Å². The molecule has 0 radical (unpaired) electrons. The maximum absolute atomic E-state index is 13.9. The fourth-order valence-corrected chi connectivity index (χ4v) is 6.20. The lowest BCUT2D eigenvalue weighted by Crippen LogP contribution is -2.45. The standard InChI is InChI=1S/C28H26ClNO4S/c1-28(2,3)20-10-9-17(15-21(20)29)30-25(16-8-11-23-22(14-16)34-12-13-35-23)24(27(32)33)18-6-4-5-7-19(18)26(30)31/h4-11,14-15,24-25H,12-13H2,1-3H3,(H,32,33). The van der Waals surface area contributed by atoms with Gasteiger partial charge in [0, 0.05) is 26.9 Å². The molecule has 2 atom stereocenters. The van der Waals surface area contributed by atoms with Crippen LogP contribution in [0.15, 0.2) is 65.6 Å². The van der Waals surface area contributed by atoms with E-state index >= 15 is 0 Å². The highest BCUT2D eigenvalue weighted by Crippen LogP contribution is 2.47. The van der Waals surface area contributed by atoms with E-state index in [0.717, 1.165) is 22.0 Å². The Morgan fingerprint density at radius 1 is 1.11 bits per heavy atom. The molecule has 0 saturated carbocycles. The Kier molecular flexibility index (Phi) is 6.06. The van der Waals surface area contributed by atoms with Crippen LogP contribution in [0.3, 0.4) is 0 Å². The fraction of sp³-hybridized carbons (Fsp3) is 0.286. The number of halogens is 1. The average Bonchev–Trinajstić information content (AvgIpc) is 2.82. The summed E-state index contributed by atoms with van der Waals surface area (Å²) in [5, 5.41) is 11.0. The zero-order valence-corrected chi connectivity index (χ0v) is 21.3. The summed E-state index contributed by atoms with van der Waals surface area (Å²) in [6.07, 6.45) is 0. The lowest BCUT2D eigenvalue weighted by molar-refractivity contribution is -0.139. The minimum atomic E-state index is -0.995. The number of fused-ring (bicyclic) bond motifs is 2. The van der Waals surface area contributed by atoms with E-state index in [1.807, 2.05) is 30.3 Å². The van der Waals surface area contributed by atoms with Gasteiger partial charge in [0.05, 0.1) is 12.6 Å². The van der Waals surface area contributed by atoms with E-state index < -0.39 is 17.9 Å². The molecule has 2 heterocycles. The summed E-state index contributed by atoms with van der Waals surface area (Å²) >= 11 is 8.40. The number of anilines is 1. The Bertz CT molecular complexity index is 1330. The number of carbonyl (C=O) groups excluding carboxylic acids is 1. The average molecular weight is 508 g/mol. The van der Waals surface area contributed by atoms with Crippen molar-refractivity contribution in [2.75, 3.05) is 17.3 Å². The Morgan fingerprint density at radius 2 is 1.89 bits per heavy atom. The van der Waals surface area contributed by atoms with Crippen LogP contribution in [-0.4, -0.2) is 29.3 Å². The van der Waals surface area contributed by atoms with Gasteiger partial charge in [-0.25, -0.2) is 0 Å². The van der Waals surface area contributed by atoms with Crippen LogP contribution in [0.4, 0.5) is 5.69 Å². The summed E-state index contributed by atoms with van der Waals surface area (Å²) in [5.74, 6) is -0.625. The molecule has 180 valence electrons. The molecule has 0 aliphatic carbocycles. The first-order valence-corrected chi connectivity index (χ1v) is 12.9. The molecule has 1 amide bonds. The fourth-order valence-electron chi connectivity index (χ4n) is 4.93. The Morgan fingerprint density at radius 3 is 2.60 bits per heavy atom. The van der Waals surface area contributed by atoms with Gasteiger partial charge in [-0.05, 0) is 52.4 Å². The summed E-state index contributed by atoms with van der Waals surface area (Å²) in [5.41, 5.74) is 2.95. The molecule has 5 nitrogen and oxygen atoms in total. The van der Waals surface area contributed by atoms with Crippen LogP contribution in [0.2, 0.25) is 5.02 Å². The van der Waals surface area contributed by atoms with Gasteiger partial charge >= 0.3 is 5.97 Å². The molecule has 5 rings (SSSR count). The minimum absolute atomic E-state index is 0.176. The van der Waals surface area contributed by atoms with E-state index in [2.05, 4.69) is 20.8 Å². The van der Waals surface area contributed by atoms with Gasteiger partial charge in [0.15, 0.2) is 0 Å². The summed E-state index contributed by atoms with van der Waals surface area (Å²) in [7, 11) is 0. The third kappa shape index (κ3) is 4.19. The number of hydrogen-bond acceptors (Lipinski definition) is 4. The van der Waals surface area contributed by atoms with Gasteiger partial charge in [0.25, 0.3) is 5.91 Å². The number of aliphatic carboxylic acids is 1. The van der Waals surface area contributed by atoms with Crippen molar-refractivity contribution >= 4 is 40.9 Å². The van der Waals surface area contributed by atoms with Gasteiger partial charge in [-0.15, -0.1) is 11.8 Å². The van der Waals surface area contributed by atoms with Crippen LogP contribution in [0.1, 0.15) is 59.8 Å². The second-order valence-electron chi connectivity index (χ2n) is 9.84. The van der Waals surface area contributed by atoms with Crippen molar-refractivity contribution in [3.05, 3.63) is 87.9 Å². The number of thioether (sulfide) groups is 1. The van der Waals surface area contributed by atoms with Gasteiger partial charge in [-0.1, -0.05) is 62.7 Å². The van der Waals surface area contributed by atoms with Crippen LogP contribution in [0.5, 0.6) is 5.75 Å². The van der Waals surface area contributed by atoms with Crippen molar-refractivity contribution in [3.63, 3.8) is 0 Å². The van der Waals surface area contributed by atoms with Crippen molar-refractivity contribution in [3.8, 4) is 5.75 Å². The molecule has 3 aromatic carbocycles. The first kappa shape index (κ1) is 23.8.